The second kappa shape index (κ2) is 7.07. The molecule has 0 spiro atoms. The molecule has 0 rings (SSSR count). The molecular weight excluding hydrogens is 244 g/mol. The fraction of sp³-hybridized carbons (Fsp3) is 0.857. The van der Waals surface area contributed by atoms with Crippen LogP contribution in [0.4, 0.5) is 0 Å². The Balaban J connectivity index is 2.88. The van der Waals surface area contributed by atoms with Crippen molar-refractivity contribution in [3.05, 3.63) is 5.33 Å². The minimum atomic E-state index is 0.559. The van der Waals surface area contributed by atoms with Gasteiger partial charge in [-0.3, -0.25) is 0 Å². The maximum atomic E-state index is 3.50. The Bertz CT molecular complexity index is 54.9. The number of hydrogen-bond donors (Lipinski definition) is 0. The van der Waals surface area contributed by atoms with Crippen LogP contribution in [0.5, 0.6) is 0 Å². The quantitative estimate of drug-likeness (QED) is 0.517. The fourth-order valence-corrected chi connectivity index (χ4v) is 1.24. The zero-order valence-corrected chi connectivity index (χ0v) is 8.91. The van der Waals surface area contributed by atoms with Gasteiger partial charge in [0.2, 0.25) is 0 Å². The Kier molecular flexibility index (Phi) is 7.83. The molecule has 0 fully saturated rings. The van der Waals surface area contributed by atoms with E-state index in [1.165, 1.54) is 25.7 Å². The van der Waals surface area contributed by atoms with Crippen LogP contribution in [-0.4, -0.2) is 4.83 Å². The molecular formula is C7H13Br2. The molecule has 9 heavy (non-hydrogen) atoms. The minimum Gasteiger partial charge on any atom is -0.0878 e. The van der Waals surface area contributed by atoms with Gasteiger partial charge in [-0.2, -0.15) is 0 Å². The van der Waals surface area contributed by atoms with Crippen LogP contribution in [-0.2, 0) is 0 Å². The number of unbranched alkanes of at least 4 members (excludes halogenated alkanes) is 2. The summed E-state index contributed by atoms with van der Waals surface area (Å²) in [6.07, 6.45) is 5.23. The third-order valence-electron chi connectivity index (χ3n) is 1.22. The molecule has 0 heterocycles. The number of hydrogen-bond acceptors (Lipinski definition) is 0. The minimum absolute atomic E-state index is 0.559. The summed E-state index contributed by atoms with van der Waals surface area (Å²) in [7, 11) is 0. The summed E-state index contributed by atoms with van der Waals surface area (Å²) in [4.78, 5) is 0.559. The van der Waals surface area contributed by atoms with Crippen LogP contribution >= 0.6 is 31.9 Å². The summed E-state index contributed by atoms with van der Waals surface area (Å²) in [6.45, 7) is 2.22. The number of alkyl halides is 1. The zero-order chi connectivity index (χ0) is 7.11. The van der Waals surface area contributed by atoms with Crippen molar-refractivity contribution in [3.63, 3.8) is 0 Å². The van der Waals surface area contributed by atoms with Crippen molar-refractivity contribution < 1.29 is 0 Å². The molecule has 0 amide bonds. The van der Waals surface area contributed by atoms with Crippen molar-refractivity contribution in [2.24, 2.45) is 0 Å². The Hall–Kier alpha value is 0.960. The van der Waals surface area contributed by atoms with E-state index in [0.717, 1.165) is 0 Å². The zero-order valence-electron chi connectivity index (χ0n) is 5.74. The Morgan fingerprint density at radius 1 is 1.44 bits per heavy atom. The fourth-order valence-electron chi connectivity index (χ4n) is 0.652. The van der Waals surface area contributed by atoms with Gasteiger partial charge in [-0.25, -0.2) is 0 Å². The summed E-state index contributed by atoms with van der Waals surface area (Å²) in [6, 6.07) is 0. The highest BCUT2D eigenvalue weighted by Crippen LogP contribution is 2.16. The van der Waals surface area contributed by atoms with Crippen LogP contribution in [0.1, 0.15) is 32.6 Å². The van der Waals surface area contributed by atoms with Crippen LogP contribution in [0.3, 0.4) is 0 Å². The lowest BCUT2D eigenvalue weighted by Gasteiger charge is -2.02. The van der Waals surface area contributed by atoms with Gasteiger partial charge in [0.05, 0.1) is 0 Å². The molecule has 0 bridgehead atoms. The van der Waals surface area contributed by atoms with Crippen molar-refractivity contribution in [2.75, 3.05) is 0 Å². The molecule has 0 aliphatic carbocycles. The van der Waals surface area contributed by atoms with Crippen molar-refractivity contribution in [2.45, 2.75) is 37.4 Å². The van der Waals surface area contributed by atoms with Crippen LogP contribution < -0.4 is 0 Å². The van der Waals surface area contributed by atoms with Crippen molar-refractivity contribution in [1.29, 1.82) is 0 Å². The average molecular weight is 257 g/mol. The van der Waals surface area contributed by atoms with Gasteiger partial charge in [-0.05, 0) is 6.42 Å². The number of halogens is 2. The van der Waals surface area contributed by atoms with E-state index in [1.54, 1.807) is 0 Å². The highest BCUT2D eigenvalue weighted by molar-refractivity contribution is 9.13. The molecule has 0 nitrogen and oxygen atoms in total. The molecule has 2 heteroatoms. The van der Waals surface area contributed by atoms with Gasteiger partial charge < -0.3 is 0 Å². The molecule has 1 atom stereocenters. The van der Waals surface area contributed by atoms with Crippen LogP contribution in [0.15, 0.2) is 0 Å². The number of rotatable bonds is 5. The lowest BCUT2D eigenvalue weighted by atomic mass is 10.2. The summed E-state index contributed by atoms with van der Waals surface area (Å²) < 4.78 is 0. The molecule has 0 N–H and O–H groups in total. The summed E-state index contributed by atoms with van der Waals surface area (Å²) in [5, 5.41) is 2.02. The maximum absolute atomic E-state index is 3.50. The van der Waals surface area contributed by atoms with Crippen molar-refractivity contribution in [3.8, 4) is 0 Å². The van der Waals surface area contributed by atoms with E-state index in [1.807, 2.05) is 5.33 Å². The van der Waals surface area contributed by atoms with Crippen molar-refractivity contribution >= 4 is 31.9 Å². The van der Waals surface area contributed by atoms with E-state index in [-0.39, 0.29) is 0 Å². The van der Waals surface area contributed by atoms with E-state index in [2.05, 4.69) is 38.8 Å². The highest BCUT2D eigenvalue weighted by Gasteiger charge is 1.99. The molecule has 1 unspecified atom stereocenters. The van der Waals surface area contributed by atoms with Crippen LogP contribution in [0, 0.1) is 5.33 Å². The highest BCUT2D eigenvalue weighted by atomic mass is 79.9. The first-order valence-electron chi connectivity index (χ1n) is 3.39. The Morgan fingerprint density at radius 2 is 2.11 bits per heavy atom. The topological polar surface area (TPSA) is 0 Å². The lowest BCUT2D eigenvalue weighted by Crippen LogP contribution is -1.92. The van der Waals surface area contributed by atoms with Gasteiger partial charge in [0.1, 0.15) is 0 Å². The molecule has 0 aromatic heterocycles. The second-order valence-electron chi connectivity index (χ2n) is 2.14. The molecule has 0 saturated carbocycles. The van der Waals surface area contributed by atoms with Gasteiger partial charge in [0.25, 0.3) is 0 Å². The van der Waals surface area contributed by atoms with Gasteiger partial charge in [-0.15, -0.1) is 0 Å². The normalized spacial score (nSPS) is 13.7. The molecule has 0 aliphatic rings. The monoisotopic (exact) mass is 255 g/mol. The summed E-state index contributed by atoms with van der Waals surface area (Å²) >= 11 is 6.80. The standard InChI is InChI=1S/C7H13Br2/c1-2-3-4-5-7(9)6-8/h6-7H,2-5H2,1H3. The molecule has 1 radical (unpaired) electrons. The van der Waals surface area contributed by atoms with E-state index < -0.39 is 0 Å². The largest absolute Gasteiger partial charge is 0.0878 e. The van der Waals surface area contributed by atoms with Crippen LogP contribution in [0.25, 0.3) is 0 Å². The molecule has 0 aliphatic heterocycles. The first-order valence-corrected chi connectivity index (χ1v) is 5.22. The average Bonchev–Trinajstić information content (AvgIpc) is 1.89. The maximum Gasteiger partial charge on any atom is 0.0407 e. The van der Waals surface area contributed by atoms with Gasteiger partial charge in [0, 0.05) is 10.2 Å². The molecule has 0 saturated heterocycles. The molecule has 0 aromatic carbocycles. The third-order valence-corrected chi connectivity index (χ3v) is 3.29. The molecule has 55 valence electrons. The van der Waals surface area contributed by atoms with Gasteiger partial charge >= 0.3 is 0 Å². The summed E-state index contributed by atoms with van der Waals surface area (Å²) in [5.41, 5.74) is 0. The first kappa shape index (κ1) is 9.96. The predicted octanol–water partition coefficient (Wildman–Crippen LogP) is 3.89. The Morgan fingerprint density at radius 3 is 2.56 bits per heavy atom. The molecule has 0 aromatic rings. The lowest BCUT2D eigenvalue weighted by molar-refractivity contribution is 0.681. The van der Waals surface area contributed by atoms with Gasteiger partial charge in [0.15, 0.2) is 0 Å². The van der Waals surface area contributed by atoms with E-state index >= 15 is 0 Å². The third kappa shape index (κ3) is 6.85. The summed E-state index contributed by atoms with van der Waals surface area (Å²) in [5.74, 6) is 0. The van der Waals surface area contributed by atoms with E-state index in [9.17, 15) is 0 Å². The smallest absolute Gasteiger partial charge is 0.0407 e. The SMILES string of the molecule is CCCCCC(Br)[CH]Br. The Labute approximate surface area is 74.7 Å². The van der Waals surface area contributed by atoms with Gasteiger partial charge in [-0.1, -0.05) is 58.0 Å². The van der Waals surface area contributed by atoms with Crippen LogP contribution in [0.2, 0.25) is 0 Å². The van der Waals surface area contributed by atoms with E-state index in [0.29, 0.717) is 4.83 Å². The second-order valence-corrected chi connectivity index (χ2v) is 3.84. The predicted molar refractivity (Wildman–Crippen MR) is 50.1 cm³/mol. The first-order chi connectivity index (χ1) is 4.31. The van der Waals surface area contributed by atoms with Crippen molar-refractivity contribution in [1.82, 2.24) is 0 Å². The van der Waals surface area contributed by atoms with E-state index in [4.69, 9.17) is 0 Å².